The molecule has 0 aromatic heterocycles. The van der Waals surface area contributed by atoms with Gasteiger partial charge >= 0.3 is 5.97 Å². The van der Waals surface area contributed by atoms with Crippen molar-refractivity contribution in [2.24, 2.45) is 0 Å². The Labute approximate surface area is 173 Å². The number of hydrogen-bond acceptors (Lipinski definition) is 4. The largest absolute Gasteiger partial charge is 0.456 e. The van der Waals surface area contributed by atoms with Crippen LogP contribution in [-0.4, -0.2) is 24.4 Å². The highest BCUT2D eigenvalue weighted by Gasteiger charge is 2.13. The van der Waals surface area contributed by atoms with Gasteiger partial charge in [-0.05, 0) is 37.6 Å². The average molecular weight is 423 g/mol. The predicted molar refractivity (Wildman–Crippen MR) is 110 cm³/mol. The van der Waals surface area contributed by atoms with Crippen molar-refractivity contribution in [3.8, 4) is 0 Å². The molecule has 8 heteroatoms. The van der Waals surface area contributed by atoms with Crippen LogP contribution >= 0.6 is 23.2 Å². The molecule has 0 aliphatic heterocycles. The Morgan fingerprint density at radius 2 is 1.64 bits per heavy atom. The van der Waals surface area contributed by atoms with Crippen LogP contribution in [0.1, 0.15) is 24.0 Å². The highest BCUT2D eigenvalue weighted by Crippen LogP contribution is 2.29. The van der Waals surface area contributed by atoms with Gasteiger partial charge in [-0.25, -0.2) is 0 Å². The van der Waals surface area contributed by atoms with Crippen LogP contribution in [0.25, 0.3) is 0 Å². The molecule has 2 aromatic carbocycles. The Kier molecular flexibility index (Phi) is 7.84. The Balaban J connectivity index is 1.74. The molecule has 2 N–H and O–H groups in total. The number of nitrogens with one attached hydrogen (secondary N) is 2. The number of hydrogen-bond donors (Lipinski definition) is 2. The number of benzene rings is 2. The van der Waals surface area contributed by atoms with Crippen molar-refractivity contribution in [2.75, 3.05) is 17.2 Å². The van der Waals surface area contributed by atoms with Crippen LogP contribution in [0, 0.1) is 13.8 Å². The van der Waals surface area contributed by atoms with Crippen molar-refractivity contribution >= 4 is 52.4 Å². The second-order valence-electron chi connectivity index (χ2n) is 6.18. The monoisotopic (exact) mass is 422 g/mol. The van der Waals surface area contributed by atoms with Gasteiger partial charge in [-0.2, -0.15) is 0 Å². The molecule has 2 rings (SSSR count). The summed E-state index contributed by atoms with van der Waals surface area (Å²) in [5.41, 5.74) is 3.05. The van der Waals surface area contributed by atoms with E-state index in [9.17, 15) is 14.4 Å². The van der Waals surface area contributed by atoms with Gasteiger partial charge in [0.25, 0.3) is 5.91 Å². The minimum atomic E-state index is -0.650. The summed E-state index contributed by atoms with van der Waals surface area (Å²) < 4.78 is 4.88. The second-order valence-corrected chi connectivity index (χ2v) is 6.96. The third kappa shape index (κ3) is 6.55. The van der Waals surface area contributed by atoms with Gasteiger partial charge in [0, 0.05) is 12.1 Å². The number of esters is 1. The van der Waals surface area contributed by atoms with Crippen molar-refractivity contribution in [2.45, 2.75) is 26.7 Å². The standard InChI is InChI=1S/C20H20Cl2N2O4/c1-12-6-7-15(13(2)10-12)23-17(25)8-9-19(27)28-11-18(26)24-16-5-3-4-14(21)20(16)22/h3-7,10H,8-9,11H2,1-2H3,(H,23,25)(H,24,26). The molecule has 6 nitrogen and oxygen atoms in total. The Hall–Kier alpha value is -2.57. The molecule has 0 aliphatic carbocycles. The number of halogens is 2. The maximum Gasteiger partial charge on any atom is 0.306 e. The first-order valence-electron chi connectivity index (χ1n) is 8.53. The molecule has 0 aliphatic rings. The minimum absolute atomic E-state index is 0.0477. The van der Waals surface area contributed by atoms with Crippen LogP contribution in [0.3, 0.4) is 0 Å². The quantitative estimate of drug-likeness (QED) is 0.642. The normalized spacial score (nSPS) is 10.3. The molecule has 2 amide bonds. The van der Waals surface area contributed by atoms with Crippen LogP contribution in [-0.2, 0) is 19.1 Å². The SMILES string of the molecule is Cc1ccc(NC(=O)CCC(=O)OCC(=O)Nc2cccc(Cl)c2Cl)c(C)c1. The van der Waals surface area contributed by atoms with E-state index >= 15 is 0 Å². The number of amides is 2. The fourth-order valence-corrected chi connectivity index (χ4v) is 2.73. The molecule has 0 bridgehead atoms. The van der Waals surface area contributed by atoms with Crippen LogP contribution in [0.2, 0.25) is 10.0 Å². The van der Waals surface area contributed by atoms with Crippen LogP contribution in [0.15, 0.2) is 36.4 Å². The number of aryl methyl sites for hydroxylation is 2. The topological polar surface area (TPSA) is 84.5 Å². The van der Waals surface area contributed by atoms with Crippen molar-refractivity contribution in [1.29, 1.82) is 0 Å². The number of carbonyl (C=O) groups is 3. The summed E-state index contributed by atoms with van der Waals surface area (Å²) in [7, 11) is 0. The first-order valence-corrected chi connectivity index (χ1v) is 9.28. The molecular formula is C20H20Cl2N2O4. The summed E-state index contributed by atoms with van der Waals surface area (Å²) in [5, 5.41) is 5.75. The van der Waals surface area contributed by atoms with E-state index in [4.69, 9.17) is 27.9 Å². The van der Waals surface area contributed by atoms with Crippen molar-refractivity contribution in [3.05, 3.63) is 57.6 Å². The van der Waals surface area contributed by atoms with E-state index in [1.165, 1.54) is 0 Å². The van der Waals surface area contributed by atoms with Crippen molar-refractivity contribution in [1.82, 2.24) is 0 Å². The zero-order valence-electron chi connectivity index (χ0n) is 15.5. The molecule has 0 fully saturated rings. The van der Waals surface area contributed by atoms with E-state index in [-0.39, 0.29) is 23.8 Å². The molecule has 148 valence electrons. The molecule has 0 radical (unpaired) electrons. The highest BCUT2D eigenvalue weighted by atomic mass is 35.5. The smallest absolute Gasteiger partial charge is 0.306 e. The van der Waals surface area contributed by atoms with Crippen LogP contribution in [0.5, 0.6) is 0 Å². The summed E-state index contributed by atoms with van der Waals surface area (Å²) >= 11 is 11.8. The first-order chi connectivity index (χ1) is 13.3. The molecule has 28 heavy (non-hydrogen) atoms. The van der Waals surface area contributed by atoms with Gasteiger partial charge in [-0.1, -0.05) is 47.0 Å². The lowest BCUT2D eigenvalue weighted by molar-refractivity contribution is -0.147. The Bertz CT molecular complexity index is 900. The average Bonchev–Trinajstić information content (AvgIpc) is 2.64. The van der Waals surface area contributed by atoms with E-state index in [0.717, 1.165) is 11.1 Å². The van der Waals surface area contributed by atoms with E-state index in [2.05, 4.69) is 10.6 Å². The van der Waals surface area contributed by atoms with E-state index in [1.54, 1.807) is 18.2 Å². The molecule has 0 saturated heterocycles. The zero-order valence-corrected chi connectivity index (χ0v) is 17.0. The third-order valence-electron chi connectivity index (χ3n) is 3.80. The zero-order chi connectivity index (χ0) is 20.7. The Morgan fingerprint density at radius 3 is 2.36 bits per heavy atom. The maximum atomic E-state index is 12.0. The molecule has 0 atom stereocenters. The summed E-state index contributed by atoms with van der Waals surface area (Å²) in [6.07, 6.45) is -0.185. The van der Waals surface area contributed by atoms with Gasteiger partial charge in [0.05, 0.1) is 22.2 Å². The number of carbonyl (C=O) groups excluding carboxylic acids is 3. The molecule has 0 saturated carbocycles. The first kappa shape index (κ1) is 21.7. The summed E-state index contributed by atoms with van der Waals surface area (Å²) in [6, 6.07) is 10.4. The van der Waals surface area contributed by atoms with Gasteiger partial charge < -0.3 is 15.4 Å². The Morgan fingerprint density at radius 1 is 0.929 bits per heavy atom. The van der Waals surface area contributed by atoms with Crippen LogP contribution < -0.4 is 10.6 Å². The van der Waals surface area contributed by atoms with Gasteiger partial charge in [-0.3, -0.25) is 14.4 Å². The lowest BCUT2D eigenvalue weighted by atomic mass is 10.1. The van der Waals surface area contributed by atoms with E-state index in [0.29, 0.717) is 16.4 Å². The molecular weight excluding hydrogens is 403 g/mol. The fraction of sp³-hybridized carbons (Fsp3) is 0.250. The molecule has 0 spiro atoms. The van der Waals surface area contributed by atoms with Gasteiger partial charge in [0.2, 0.25) is 5.91 Å². The minimum Gasteiger partial charge on any atom is -0.456 e. The predicted octanol–water partition coefficient (Wildman–Crippen LogP) is 4.51. The lowest BCUT2D eigenvalue weighted by Gasteiger charge is -2.10. The van der Waals surface area contributed by atoms with Crippen LogP contribution in [0.4, 0.5) is 11.4 Å². The second kappa shape index (κ2) is 10.1. The third-order valence-corrected chi connectivity index (χ3v) is 4.62. The summed E-state index contributed by atoms with van der Waals surface area (Å²) in [6.45, 7) is 3.37. The maximum absolute atomic E-state index is 12.0. The number of anilines is 2. The summed E-state index contributed by atoms with van der Waals surface area (Å²) in [5.74, 6) is -1.51. The number of rotatable bonds is 7. The fourth-order valence-electron chi connectivity index (χ4n) is 2.39. The molecule has 2 aromatic rings. The molecule has 0 heterocycles. The highest BCUT2D eigenvalue weighted by molar-refractivity contribution is 6.44. The van der Waals surface area contributed by atoms with Crippen molar-refractivity contribution in [3.63, 3.8) is 0 Å². The van der Waals surface area contributed by atoms with E-state index < -0.39 is 18.5 Å². The molecule has 0 unspecified atom stereocenters. The lowest BCUT2D eigenvalue weighted by Crippen LogP contribution is -2.22. The number of ether oxygens (including phenoxy) is 1. The van der Waals surface area contributed by atoms with E-state index in [1.807, 2.05) is 32.0 Å². The van der Waals surface area contributed by atoms with Gasteiger partial charge in [0.1, 0.15) is 0 Å². The van der Waals surface area contributed by atoms with Gasteiger partial charge in [-0.15, -0.1) is 0 Å². The van der Waals surface area contributed by atoms with Gasteiger partial charge in [0.15, 0.2) is 6.61 Å². The summed E-state index contributed by atoms with van der Waals surface area (Å²) in [4.78, 5) is 35.6. The van der Waals surface area contributed by atoms with Crippen molar-refractivity contribution < 1.29 is 19.1 Å².